The maximum atomic E-state index is 5.98. The molecule has 5 aromatic carbocycles. The number of para-hydroxylation sites is 1. The molecular formula is C38H33NO. The summed E-state index contributed by atoms with van der Waals surface area (Å²) in [5.41, 5.74) is 11.5. The van der Waals surface area contributed by atoms with E-state index in [9.17, 15) is 0 Å². The Bertz CT molecular complexity index is 1800. The van der Waals surface area contributed by atoms with E-state index in [0.29, 0.717) is 0 Å². The zero-order valence-electron chi connectivity index (χ0n) is 23.0. The van der Waals surface area contributed by atoms with Crippen LogP contribution in [0.3, 0.4) is 0 Å². The Hall–Kier alpha value is -4.82. The number of hydrogen-bond donors (Lipinski definition) is 1. The topological polar surface area (TPSA) is 25.2 Å². The molecule has 1 aliphatic carbocycles. The molecule has 6 aromatic rings. The molecule has 1 heterocycles. The normalized spacial score (nSPS) is 12.6. The van der Waals surface area contributed by atoms with E-state index in [1.165, 1.54) is 33.4 Å². The van der Waals surface area contributed by atoms with Crippen LogP contribution in [0.4, 0.5) is 11.4 Å². The predicted octanol–water partition coefficient (Wildman–Crippen LogP) is 11.4. The quantitative estimate of drug-likeness (QED) is 0.245. The van der Waals surface area contributed by atoms with E-state index in [2.05, 4.69) is 127 Å². The number of benzene rings is 5. The molecule has 1 aliphatic rings. The molecule has 196 valence electrons. The Morgan fingerprint density at radius 3 is 1.75 bits per heavy atom. The number of anilines is 2. The first-order chi connectivity index (χ1) is 19.8. The number of nitrogens with one attached hydrogen (secondary N) is 1. The minimum atomic E-state index is 0.923. The highest BCUT2D eigenvalue weighted by Gasteiger charge is 2.08. The van der Waals surface area contributed by atoms with Crippen LogP contribution in [0.15, 0.2) is 138 Å². The summed E-state index contributed by atoms with van der Waals surface area (Å²) in [5, 5.41) is 5.84. The Morgan fingerprint density at radius 2 is 1.10 bits per heavy atom. The first-order valence-electron chi connectivity index (χ1n) is 14.2. The third-order valence-electron chi connectivity index (χ3n) is 7.37. The fourth-order valence-electron chi connectivity index (χ4n) is 5.28. The number of fused-ring (bicyclic) bond motifs is 3. The van der Waals surface area contributed by atoms with Crippen LogP contribution >= 0.6 is 0 Å². The van der Waals surface area contributed by atoms with Gasteiger partial charge < -0.3 is 9.73 Å². The van der Waals surface area contributed by atoms with Gasteiger partial charge in [-0.15, -0.1) is 0 Å². The van der Waals surface area contributed by atoms with Crippen LogP contribution < -0.4 is 5.32 Å². The van der Waals surface area contributed by atoms with Crippen molar-refractivity contribution in [1.82, 2.24) is 0 Å². The summed E-state index contributed by atoms with van der Waals surface area (Å²) in [4.78, 5) is 0. The van der Waals surface area contributed by atoms with Crippen LogP contribution in [-0.4, -0.2) is 0 Å². The highest BCUT2D eigenvalue weighted by Crippen LogP contribution is 2.33. The average molecular weight is 520 g/mol. The fourth-order valence-corrected chi connectivity index (χ4v) is 5.28. The van der Waals surface area contributed by atoms with Crippen molar-refractivity contribution in [1.29, 1.82) is 0 Å². The molecule has 40 heavy (non-hydrogen) atoms. The summed E-state index contributed by atoms with van der Waals surface area (Å²) < 4.78 is 5.98. The van der Waals surface area contributed by atoms with E-state index in [1.807, 2.05) is 26.0 Å². The monoisotopic (exact) mass is 519 g/mol. The van der Waals surface area contributed by atoms with Crippen LogP contribution in [-0.2, 0) is 0 Å². The first-order valence-corrected chi connectivity index (χ1v) is 14.2. The molecule has 2 heteroatoms. The van der Waals surface area contributed by atoms with Crippen molar-refractivity contribution >= 4 is 38.9 Å². The van der Waals surface area contributed by atoms with Crippen LogP contribution in [0.5, 0.6) is 0 Å². The predicted molar refractivity (Wildman–Crippen MR) is 172 cm³/mol. The summed E-state index contributed by atoms with van der Waals surface area (Å²) in [6.45, 7) is 4.00. The summed E-state index contributed by atoms with van der Waals surface area (Å²) >= 11 is 0. The molecule has 1 N–H and O–H groups in total. The van der Waals surface area contributed by atoms with Gasteiger partial charge in [0, 0.05) is 22.1 Å². The summed E-state index contributed by atoms with van der Waals surface area (Å²) in [5.74, 6) is 0. The number of hydrogen-bond acceptors (Lipinski definition) is 2. The minimum Gasteiger partial charge on any atom is -0.456 e. The van der Waals surface area contributed by atoms with Crippen LogP contribution in [0.25, 0.3) is 49.8 Å². The molecule has 0 saturated carbocycles. The van der Waals surface area contributed by atoms with Gasteiger partial charge in [-0.1, -0.05) is 105 Å². The van der Waals surface area contributed by atoms with E-state index in [0.717, 1.165) is 46.2 Å². The van der Waals surface area contributed by atoms with Gasteiger partial charge in [0.25, 0.3) is 0 Å². The Labute approximate surface area is 236 Å². The van der Waals surface area contributed by atoms with Gasteiger partial charge in [-0.05, 0) is 88.7 Å². The molecule has 0 atom stereocenters. The fraction of sp³-hybridized carbons (Fsp3) is 0.105. The van der Waals surface area contributed by atoms with Gasteiger partial charge in [-0.2, -0.15) is 0 Å². The van der Waals surface area contributed by atoms with E-state index in [-0.39, 0.29) is 0 Å². The standard InChI is InChI=1S/C36H27NO.C2H6/c1-2-6-25(7-3-1)26-10-12-27(13-11-26)28-14-19-31(20-15-28)37-32-21-16-29(17-22-32)30-18-23-36-34(24-30)33-8-4-5-9-35(33)38-36;1-2/h1-2,4-6,8-24,37H,3,7H2;1-2H3. The van der Waals surface area contributed by atoms with Crippen molar-refractivity contribution in [2.75, 3.05) is 5.32 Å². The van der Waals surface area contributed by atoms with Gasteiger partial charge >= 0.3 is 0 Å². The van der Waals surface area contributed by atoms with Gasteiger partial charge in [0.2, 0.25) is 0 Å². The largest absolute Gasteiger partial charge is 0.456 e. The number of rotatable bonds is 5. The minimum absolute atomic E-state index is 0.923. The van der Waals surface area contributed by atoms with Crippen LogP contribution in [0.2, 0.25) is 0 Å². The van der Waals surface area contributed by atoms with Crippen LogP contribution in [0, 0.1) is 0 Å². The Balaban J connectivity index is 0.00000142. The smallest absolute Gasteiger partial charge is 0.135 e. The third-order valence-corrected chi connectivity index (χ3v) is 7.37. The lowest BCUT2D eigenvalue weighted by Crippen LogP contribution is -1.91. The van der Waals surface area contributed by atoms with Gasteiger partial charge in [-0.3, -0.25) is 0 Å². The lowest BCUT2D eigenvalue weighted by atomic mass is 9.95. The van der Waals surface area contributed by atoms with E-state index < -0.39 is 0 Å². The second kappa shape index (κ2) is 11.5. The SMILES string of the molecule is C1=CCCC(c2ccc(-c3ccc(Nc4ccc(-c5ccc6oc7ccccc7c6c5)cc4)cc3)cc2)=C1.CC. The zero-order chi connectivity index (χ0) is 27.3. The summed E-state index contributed by atoms with van der Waals surface area (Å²) in [6.07, 6.45) is 8.86. The van der Waals surface area contributed by atoms with Crippen molar-refractivity contribution in [3.8, 4) is 22.3 Å². The molecule has 1 aromatic heterocycles. The second-order valence-corrected chi connectivity index (χ2v) is 9.82. The molecule has 0 amide bonds. The van der Waals surface area contributed by atoms with Gasteiger partial charge in [0.15, 0.2) is 0 Å². The lowest BCUT2D eigenvalue weighted by Gasteiger charge is -2.11. The molecular weight excluding hydrogens is 486 g/mol. The molecule has 0 spiro atoms. The molecule has 0 radical (unpaired) electrons. The lowest BCUT2D eigenvalue weighted by molar-refractivity contribution is 0.669. The molecule has 7 rings (SSSR count). The molecule has 0 unspecified atom stereocenters. The summed E-state index contributed by atoms with van der Waals surface area (Å²) in [7, 11) is 0. The van der Waals surface area contributed by atoms with Gasteiger partial charge in [-0.25, -0.2) is 0 Å². The van der Waals surface area contributed by atoms with Crippen molar-refractivity contribution in [2.24, 2.45) is 0 Å². The molecule has 0 saturated heterocycles. The van der Waals surface area contributed by atoms with Crippen molar-refractivity contribution in [3.63, 3.8) is 0 Å². The molecule has 0 aliphatic heterocycles. The van der Waals surface area contributed by atoms with Gasteiger partial charge in [0.05, 0.1) is 0 Å². The van der Waals surface area contributed by atoms with Crippen molar-refractivity contribution in [3.05, 3.63) is 139 Å². The first kappa shape index (κ1) is 25.5. The van der Waals surface area contributed by atoms with E-state index in [1.54, 1.807) is 0 Å². The summed E-state index contributed by atoms with van der Waals surface area (Å²) in [6, 6.07) is 40.8. The van der Waals surface area contributed by atoms with Crippen molar-refractivity contribution in [2.45, 2.75) is 26.7 Å². The Morgan fingerprint density at radius 1 is 0.550 bits per heavy atom. The van der Waals surface area contributed by atoms with E-state index in [4.69, 9.17) is 4.42 Å². The Kier molecular flexibility index (Phi) is 7.32. The van der Waals surface area contributed by atoms with Gasteiger partial charge in [0.1, 0.15) is 11.2 Å². The zero-order valence-corrected chi connectivity index (χ0v) is 23.0. The maximum absolute atomic E-state index is 5.98. The molecule has 0 fully saturated rings. The highest BCUT2D eigenvalue weighted by atomic mass is 16.3. The third kappa shape index (κ3) is 5.21. The van der Waals surface area contributed by atoms with E-state index >= 15 is 0 Å². The maximum Gasteiger partial charge on any atom is 0.135 e. The number of allylic oxidation sites excluding steroid dienone is 4. The molecule has 0 bridgehead atoms. The molecule has 2 nitrogen and oxygen atoms in total. The second-order valence-electron chi connectivity index (χ2n) is 9.82. The number of furan rings is 1. The highest BCUT2D eigenvalue weighted by molar-refractivity contribution is 6.06. The average Bonchev–Trinajstić information content (AvgIpc) is 3.41. The van der Waals surface area contributed by atoms with Crippen LogP contribution in [0.1, 0.15) is 32.3 Å². The van der Waals surface area contributed by atoms with Crippen molar-refractivity contribution < 1.29 is 4.42 Å².